The molecular formula is C36H36BrCl2F3N6O4. The molecule has 0 fully saturated rings. The molecular weight excluding hydrogens is 788 g/mol. The number of halogens is 6. The molecule has 2 N–H and O–H groups in total. The van der Waals surface area contributed by atoms with Gasteiger partial charge in [0, 0.05) is 61.5 Å². The van der Waals surface area contributed by atoms with Gasteiger partial charge in [-0.25, -0.2) is 9.97 Å². The lowest BCUT2D eigenvalue weighted by Crippen LogP contribution is -2.27. The second kappa shape index (κ2) is 16.8. The first-order valence-electron chi connectivity index (χ1n) is 16.2. The van der Waals surface area contributed by atoms with E-state index in [9.17, 15) is 22.8 Å². The number of nitrogens with one attached hydrogen (secondary N) is 2. The molecule has 2 aliphatic heterocycles. The van der Waals surface area contributed by atoms with Gasteiger partial charge in [0.05, 0.1) is 35.1 Å². The number of nitrogens with zero attached hydrogens (tertiary/aromatic N) is 4. The van der Waals surface area contributed by atoms with Crippen LogP contribution in [0, 0.1) is 0 Å². The van der Waals surface area contributed by atoms with Gasteiger partial charge in [-0.3, -0.25) is 9.59 Å². The highest BCUT2D eigenvalue weighted by atomic mass is 79.9. The van der Waals surface area contributed by atoms with Gasteiger partial charge in [0.1, 0.15) is 11.5 Å². The third-order valence-electron chi connectivity index (χ3n) is 8.39. The fourth-order valence-corrected chi connectivity index (χ4v) is 6.63. The molecule has 0 spiro atoms. The van der Waals surface area contributed by atoms with Gasteiger partial charge >= 0.3 is 6.18 Å². The number of methoxy groups -OCH3 is 1. The summed E-state index contributed by atoms with van der Waals surface area (Å²) in [5, 5.41) is 5.83. The van der Waals surface area contributed by atoms with Gasteiger partial charge in [-0.15, -0.1) is 0 Å². The van der Waals surface area contributed by atoms with Gasteiger partial charge in [-0.2, -0.15) is 13.2 Å². The van der Waals surface area contributed by atoms with E-state index in [1.165, 1.54) is 6.07 Å². The molecule has 10 nitrogen and oxygen atoms in total. The van der Waals surface area contributed by atoms with Crippen LogP contribution in [-0.4, -0.2) is 72.5 Å². The Morgan fingerprint density at radius 1 is 0.827 bits per heavy atom. The summed E-state index contributed by atoms with van der Waals surface area (Å²) in [5.41, 5.74) is 4.02. The first-order valence-corrected chi connectivity index (χ1v) is 17.8. The molecule has 276 valence electrons. The number of hydrogen-bond acceptors (Lipinski definition) is 8. The van der Waals surface area contributed by atoms with E-state index in [2.05, 4.69) is 53.4 Å². The maximum atomic E-state index is 13.1. The number of alkyl halides is 3. The molecule has 2 aromatic carbocycles. The number of rotatable bonds is 7. The Morgan fingerprint density at radius 2 is 1.31 bits per heavy atom. The van der Waals surface area contributed by atoms with Crippen molar-refractivity contribution in [2.45, 2.75) is 39.0 Å². The summed E-state index contributed by atoms with van der Waals surface area (Å²) in [6.45, 7) is 5.75. The summed E-state index contributed by atoms with van der Waals surface area (Å²) in [6.07, 6.45) is -3.03. The van der Waals surface area contributed by atoms with E-state index in [4.69, 9.17) is 32.7 Å². The van der Waals surface area contributed by atoms with E-state index in [1.807, 2.05) is 20.0 Å². The van der Waals surface area contributed by atoms with Gasteiger partial charge in [0.2, 0.25) is 0 Å². The molecule has 4 aromatic rings. The molecule has 0 bridgehead atoms. The molecule has 6 rings (SSSR count). The first kappa shape index (κ1) is 39.3. The number of hydrogen-bond donors (Lipinski definition) is 2. The van der Waals surface area contributed by atoms with Crippen molar-refractivity contribution in [2.24, 2.45) is 0 Å². The summed E-state index contributed by atoms with van der Waals surface area (Å²) >= 11 is 15.8. The molecule has 0 aliphatic carbocycles. The topological polar surface area (TPSA) is 109 Å². The second-order valence-corrected chi connectivity index (χ2v) is 13.8. The Kier molecular flexibility index (Phi) is 12.7. The van der Waals surface area contributed by atoms with Crippen LogP contribution in [0.1, 0.15) is 55.7 Å². The third kappa shape index (κ3) is 9.53. The molecule has 0 radical (unpaired) electrons. The van der Waals surface area contributed by atoms with Crippen LogP contribution in [-0.2, 0) is 32.1 Å². The number of fused-ring (bicyclic) bond motifs is 2. The average Bonchev–Trinajstić information content (AvgIpc) is 3.09. The lowest BCUT2D eigenvalue weighted by molar-refractivity contribution is -0.138. The molecule has 0 saturated carbocycles. The monoisotopic (exact) mass is 822 g/mol. The van der Waals surface area contributed by atoms with Gasteiger partial charge in [-0.05, 0) is 96.6 Å². The van der Waals surface area contributed by atoms with E-state index in [-0.39, 0.29) is 28.1 Å². The number of carbonyl (C=O) groups excluding carboxylic acids is 2. The number of aromatic nitrogens is 2. The molecule has 4 heterocycles. The smallest absolute Gasteiger partial charge is 0.419 e. The number of likely N-dealkylation sites (N-methyl/N-ethyl adjacent to an activating group) is 2. The van der Waals surface area contributed by atoms with E-state index >= 15 is 0 Å². The maximum Gasteiger partial charge on any atom is 0.419 e. The Bertz CT molecular complexity index is 1980. The molecule has 2 aliphatic rings. The minimum absolute atomic E-state index is 0.108. The van der Waals surface area contributed by atoms with E-state index in [0.717, 1.165) is 78.7 Å². The Labute approximate surface area is 317 Å². The van der Waals surface area contributed by atoms with Gasteiger partial charge < -0.3 is 29.9 Å². The summed E-state index contributed by atoms with van der Waals surface area (Å²) in [7, 11) is 5.17. The van der Waals surface area contributed by atoms with E-state index in [0.29, 0.717) is 35.3 Å². The van der Waals surface area contributed by atoms with E-state index < -0.39 is 17.6 Å². The Morgan fingerprint density at radius 3 is 1.75 bits per heavy atom. The minimum atomic E-state index is -4.64. The standard InChI is InChI=1S/C18H19BrClN3O2.C18H17ClF3N3O2/c1-3-25-16-5-4-11(8-13(16)19)18(24)22-15-9-12-10-23(2)7-6-14(12)21-17(15)20;1-25-6-5-13-11(9-25)8-14(16(19)23-13)24-17(26)10-3-4-15(27-2)12(7-10)18(20,21)22/h4-5,8-9H,3,6-7,10H2,1-2H3,(H,22,24);3-4,7-8H,5-6,9H2,1-2H3,(H,24,26). The van der Waals surface area contributed by atoms with Crippen LogP contribution in [0.15, 0.2) is 53.0 Å². The predicted octanol–water partition coefficient (Wildman–Crippen LogP) is 8.14. The molecule has 52 heavy (non-hydrogen) atoms. The van der Waals surface area contributed by atoms with Crippen molar-refractivity contribution >= 4 is 62.3 Å². The van der Waals surface area contributed by atoms with Crippen LogP contribution in [0.5, 0.6) is 11.5 Å². The minimum Gasteiger partial charge on any atom is -0.496 e. The summed E-state index contributed by atoms with van der Waals surface area (Å²) in [5.74, 6) is -0.598. The number of benzene rings is 2. The van der Waals surface area contributed by atoms with Crippen LogP contribution < -0.4 is 20.1 Å². The lowest BCUT2D eigenvalue weighted by atomic mass is 10.1. The van der Waals surface area contributed by atoms with Crippen molar-refractivity contribution in [2.75, 3.05) is 51.5 Å². The van der Waals surface area contributed by atoms with Gasteiger partial charge in [0.15, 0.2) is 10.3 Å². The molecule has 16 heteroatoms. The zero-order valence-electron chi connectivity index (χ0n) is 28.8. The summed E-state index contributed by atoms with van der Waals surface area (Å²) < 4.78 is 50.4. The normalized spacial score (nSPS) is 14.3. The van der Waals surface area contributed by atoms with Gasteiger partial charge in [-0.1, -0.05) is 23.2 Å². The van der Waals surface area contributed by atoms with Crippen molar-refractivity contribution in [3.63, 3.8) is 0 Å². The van der Waals surface area contributed by atoms with E-state index in [1.54, 1.807) is 24.3 Å². The number of anilines is 2. The summed E-state index contributed by atoms with van der Waals surface area (Å²) in [4.78, 5) is 38.1. The predicted molar refractivity (Wildman–Crippen MR) is 198 cm³/mol. The van der Waals surface area contributed by atoms with Crippen LogP contribution in [0.25, 0.3) is 0 Å². The Hall–Kier alpha value is -3.95. The highest BCUT2D eigenvalue weighted by Crippen LogP contribution is 2.37. The quantitative estimate of drug-likeness (QED) is 0.180. The third-order valence-corrected chi connectivity index (χ3v) is 9.58. The first-order chi connectivity index (χ1) is 24.7. The van der Waals surface area contributed by atoms with Crippen LogP contribution in [0.2, 0.25) is 10.3 Å². The Balaban J connectivity index is 0.000000202. The number of pyridine rings is 2. The largest absolute Gasteiger partial charge is 0.496 e. The highest BCUT2D eigenvalue weighted by molar-refractivity contribution is 9.10. The lowest BCUT2D eigenvalue weighted by Gasteiger charge is -2.25. The molecule has 0 saturated heterocycles. The number of amides is 2. The zero-order valence-corrected chi connectivity index (χ0v) is 31.9. The summed E-state index contributed by atoms with van der Waals surface area (Å²) in [6, 6.07) is 12.0. The van der Waals surface area contributed by atoms with Crippen molar-refractivity contribution in [3.8, 4) is 11.5 Å². The average molecular weight is 825 g/mol. The number of carbonyl (C=O) groups is 2. The van der Waals surface area contributed by atoms with Crippen LogP contribution in [0.3, 0.4) is 0 Å². The second-order valence-electron chi connectivity index (χ2n) is 12.2. The van der Waals surface area contributed by atoms with Crippen LogP contribution >= 0.6 is 39.1 Å². The molecule has 0 unspecified atom stereocenters. The SMILES string of the molecule is CCOc1ccc(C(=O)Nc2cc3c(nc2Cl)CCN(C)C3)cc1Br.COc1ccc(C(=O)Nc2cc3c(nc2Cl)CCN(C)C3)cc1C(F)(F)F. The maximum absolute atomic E-state index is 13.1. The highest BCUT2D eigenvalue weighted by Gasteiger charge is 2.35. The van der Waals surface area contributed by atoms with Crippen LogP contribution in [0.4, 0.5) is 24.5 Å². The number of ether oxygens (including phenoxy) is 2. The van der Waals surface area contributed by atoms with Crippen molar-refractivity contribution < 1.29 is 32.2 Å². The fraction of sp³-hybridized carbons (Fsp3) is 0.333. The van der Waals surface area contributed by atoms with Gasteiger partial charge in [0.25, 0.3) is 11.8 Å². The molecule has 2 amide bonds. The van der Waals surface area contributed by atoms with Crippen molar-refractivity contribution in [3.05, 3.63) is 103 Å². The molecule has 0 atom stereocenters. The molecule has 2 aromatic heterocycles. The van der Waals surface area contributed by atoms with Crippen molar-refractivity contribution in [1.29, 1.82) is 0 Å². The van der Waals surface area contributed by atoms with Crippen molar-refractivity contribution in [1.82, 2.24) is 19.8 Å². The fourth-order valence-electron chi connectivity index (χ4n) is 5.72. The zero-order chi connectivity index (χ0) is 37.7.